The quantitative estimate of drug-likeness (QED) is 0.747. The zero-order chi connectivity index (χ0) is 21.9. The van der Waals surface area contributed by atoms with E-state index in [1.54, 1.807) is 0 Å². The van der Waals surface area contributed by atoms with Crippen LogP contribution in [0, 0.1) is 25.6 Å². The van der Waals surface area contributed by atoms with Gasteiger partial charge in [0.05, 0.1) is 10.9 Å². The van der Waals surface area contributed by atoms with E-state index in [0.29, 0.717) is 12.8 Å². The van der Waals surface area contributed by atoms with E-state index in [9.17, 15) is 17.6 Å². The Balaban J connectivity index is 1.62. The number of halogens is 1. The molecule has 0 bridgehead atoms. The van der Waals surface area contributed by atoms with Gasteiger partial charge in [-0.3, -0.25) is 4.79 Å². The zero-order valence-corrected chi connectivity index (χ0v) is 18.5. The number of nitrogens with zero attached hydrogens (tertiary/aromatic N) is 1. The number of hydrogen-bond donors (Lipinski definition) is 1. The van der Waals surface area contributed by atoms with Crippen molar-refractivity contribution < 1.29 is 17.6 Å². The molecule has 0 radical (unpaired) electrons. The van der Waals surface area contributed by atoms with Gasteiger partial charge in [0.1, 0.15) is 5.82 Å². The third-order valence-corrected chi connectivity index (χ3v) is 7.71. The summed E-state index contributed by atoms with van der Waals surface area (Å²) in [6.45, 7) is 6.69. The fourth-order valence-electron chi connectivity index (χ4n) is 4.02. The van der Waals surface area contributed by atoms with Crippen molar-refractivity contribution in [2.75, 3.05) is 13.1 Å². The van der Waals surface area contributed by atoms with Gasteiger partial charge in [0, 0.05) is 19.0 Å². The molecule has 0 saturated carbocycles. The smallest absolute Gasteiger partial charge is 0.243 e. The van der Waals surface area contributed by atoms with Crippen molar-refractivity contribution in [1.29, 1.82) is 0 Å². The molecule has 1 atom stereocenters. The maximum absolute atomic E-state index is 13.1. The van der Waals surface area contributed by atoms with Crippen molar-refractivity contribution >= 4 is 15.9 Å². The van der Waals surface area contributed by atoms with Gasteiger partial charge in [0.15, 0.2) is 0 Å². The number of carbonyl (C=O) groups is 1. The summed E-state index contributed by atoms with van der Waals surface area (Å²) in [6, 6.07) is 11.0. The second-order valence-corrected chi connectivity index (χ2v) is 9.90. The van der Waals surface area contributed by atoms with Gasteiger partial charge in [-0.1, -0.05) is 30.7 Å². The Kier molecular flexibility index (Phi) is 6.93. The molecule has 1 fully saturated rings. The summed E-state index contributed by atoms with van der Waals surface area (Å²) in [7, 11) is -3.67. The summed E-state index contributed by atoms with van der Waals surface area (Å²) in [5.41, 5.74) is 3.46. The standard InChI is InChI=1S/C23H29FN2O3S/c1-4-22(21-10-5-16(2)15-17(21)3)25-23(27)18-11-13-26(14-12-18)30(28,29)20-8-6-19(24)7-9-20/h5-10,15,18,22H,4,11-14H2,1-3H3,(H,25,27). The lowest BCUT2D eigenvalue weighted by Gasteiger charge is -2.31. The van der Waals surface area contributed by atoms with Crippen LogP contribution in [0.3, 0.4) is 0 Å². The lowest BCUT2D eigenvalue weighted by atomic mass is 9.94. The van der Waals surface area contributed by atoms with E-state index in [1.165, 1.54) is 22.0 Å². The second kappa shape index (κ2) is 9.27. The highest BCUT2D eigenvalue weighted by Gasteiger charge is 2.32. The minimum atomic E-state index is -3.67. The lowest BCUT2D eigenvalue weighted by Crippen LogP contribution is -2.43. The molecule has 0 spiro atoms. The molecule has 1 aliphatic rings. The normalized spacial score (nSPS) is 16.9. The molecule has 1 unspecified atom stereocenters. The number of amides is 1. The van der Waals surface area contributed by atoms with Crippen LogP contribution in [0.25, 0.3) is 0 Å². The fourth-order valence-corrected chi connectivity index (χ4v) is 5.49. The molecule has 162 valence electrons. The van der Waals surface area contributed by atoms with Crippen LogP contribution in [-0.4, -0.2) is 31.7 Å². The molecule has 2 aromatic carbocycles. The summed E-state index contributed by atoms with van der Waals surface area (Å²) in [4.78, 5) is 12.9. The number of nitrogens with one attached hydrogen (secondary N) is 1. The molecule has 2 aromatic rings. The van der Waals surface area contributed by atoms with Crippen molar-refractivity contribution in [3.05, 3.63) is 65.0 Å². The molecule has 0 aromatic heterocycles. The number of sulfonamides is 1. The van der Waals surface area contributed by atoms with Gasteiger partial charge >= 0.3 is 0 Å². The van der Waals surface area contributed by atoms with E-state index in [0.717, 1.165) is 29.7 Å². The minimum absolute atomic E-state index is 0.0272. The third-order valence-electron chi connectivity index (χ3n) is 5.80. The van der Waals surface area contributed by atoms with Crippen LogP contribution in [0.5, 0.6) is 0 Å². The Morgan fingerprint density at radius 3 is 2.33 bits per heavy atom. The first kappa shape index (κ1) is 22.4. The van der Waals surface area contributed by atoms with Gasteiger partial charge in [-0.25, -0.2) is 12.8 Å². The van der Waals surface area contributed by atoms with Gasteiger partial charge in [-0.15, -0.1) is 0 Å². The first-order chi connectivity index (χ1) is 14.2. The average molecular weight is 433 g/mol. The average Bonchev–Trinajstić information content (AvgIpc) is 2.72. The predicted molar refractivity (Wildman–Crippen MR) is 115 cm³/mol. The molecule has 7 heteroatoms. The maximum atomic E-state index is 13.1. The van der Waals surface area contributed by atoms with Gasteiger partial charge in [-0.05, 0) is 68.5 Å². The number of piperidine rings is 1. The SMILES string of the molecule is CCC(NC(=O)C1CCN(S(=O)(=O)c2ccc(F)cc2)CC1)c1ccc(C)cc1C. The van der Waals surface area contributed by atoms with Crippen LogP contribution in [0.15, 0.2) is 47.4 Å². The Bertz CT molecular complexity index is 998. The van der Waals surface area contributed by atoms with Crippen molar-refractivity contribution in [2.45, 2.75) is 51.0 Å². The number of rotatable bonds is 6. The van der Waals surface area contributed by atoms with Crippen molar-refractivity contribution in [1.82, 2.24) is 9.62 Å². The minimum Gasteiger partial charge on any atom is -0.349 e. The van der Waals surface area contributed by atoms with Crippen LogP contribution in [0.1, 0.15) is 48.9 Å². The highest BCUT2D eigenvalue weighted by Crippen LogP contribution is 2.26. The molecular weight excluding hydrogens is 403 g/mol. The highest BCUT2D eigenvalue weighted by molar-refractivity contribution is 7.89. The zero-order valence-electron chi connectivity index (χ0n) is 17.7. The Labute approximate surface area is 178 Å². The Hall–Kier alpha value is -2.25. The first-order valence-electron chi connectivity index (χ1n) is 10.4. The molecule has 0 aliphatic carbocycles. The third kappa shape index (κ3) is 4.90. The summed E-state index contributed by atoms with van der Waals surface area (Å²) < 4.78 is 40.0. The topological polar surface area (TPSA) is 66.5 Å². The number of aryl methyl sites for hydroxylation is 2. The van der Waals surface area contributed by atoms with Crippen LogP contribution in [0.2, 0.25) is 0 Å². The Morgan fingerprint density at radius 2 is 1.77 bits per heavy atom. The molecular formula is C23H29FN2O3S. The van der Waals surface area contributed by atoms with Crippen LogP contribution in [-0.2, 0) is 14.8 Å². The van der Waals surface area contributed by atoms with Gasteiger partial charge < -0.3 is 5.32 Å². The van der Waals surface area contributed by atoms with Gasteiger partial charge in [0.2, 0.25) is 15.9 Å². The van der Waals surface area contributed by atoms with Crippen LogP contribution >= 0.6 is 0 Å². The largest absolute Gasteiger partial charge is 0.349 e. The fraction of sp³-hybridized carbons (Fsp3) is 0.435. The molecule has 1 aliphatic heterocycles. The molecule has 1 amide bonds. The van der Waals surface area contributed by atoms with Crippen molar-refractivity contribution in [3.63, 3.8) is 0 Å². The summed E-state index contributed by atoms with van der Waals surface area (Å²) >= 11 is 0. The summed E-state index contributed by atoms with van der Waals surface area (Å²) in [5, 5.41) is 3.16. The van der Waals surface area contributed by atoms with E-state index in [-0.39, 0.29) is 35.9 Å². The van der Waals surface area contributed by atoms with Crippen molar-refractivity contribution in [2.24, 2.45) is 5.92 Å². The monoisotopic (exact) mass is 432 g/mol. The van der Waals surface area contributed by atoms with Gasteiger partial charge in [-0.2, -0.15) is 4.31 Å². The maximum Gasteiger partial charge on any atom is 0.243 e. The van der Waals surface area contributed by atoms with Crippen LogP contribution < -0.4 is 5.32 Å². The van der Waals surface area contributed by atoms with E-state index in [4.69, 9.17) is 0 Å². The van der Waals surface area contributed by atoms with Gasteiger partial charge in [0.25, 0.3) is 0 Å². The van der Waals surface area contributed by atoms with Crippen LogP contribution in [0.4, 0.5) is 4.39 Å². The van der Waals surface area contributed by atoms with E-state index < -0.39 is 15.8 Å². The number of hydrogen-bond acceptors (Lipinski definition) is 3. The molecule has 1 heterocycles. The first-order valence-corrected chi connectivity index (χ1v) is 11.8. The molecule has 1 N–H and O–H groups in total. The lowest BCUT2D eigenvalue weighted by molar-refractivity contribution is -0.126. The highest BCUT2D eigenvalue weighted by atomic mass is 32.2. The summed E-state index contributed by atoms with van der Waals surface area (Å²) in [6.07, 6.45) is 1.72. The second-order valence-electron chi connectivity index (χ2n) is 7.96. The van der Waals surface area contributed by atoms with Crippen molar-refractivity contribution in [3.8, 4) is 0 Å². The molecule has 1 saturated heterocycles. The molecule has 5 nitrogen and oxygen atoms in total. The molecule has 30 heavy (non-hydrogen) atoms. The number of benzene rings is 2. The van der Waals surface area contributed by atoms with E-state index in [1.807, 2.05) is 13.8 Å². The Morgan fingerprint density at radius 1 is 1.13 bits per heavy atom. The summed E-state index contributed by atoms with van der Waals surface area (Å²) in [5.74, 6) is -0.719. The van der Waals surface area contributed by atoms with E-state index in [2.05, 4.69) is 30.4 Å². The van der Waals surface area contributed by atoms with E-state index >= 15 is 0 Å². The predicted octanol–water partition coefficient (Wildman–Crippen LogP) is 4.11. The number of carbonyl (C=O) groups excluding carboxylic acids is 1. The molecule has 3 rings (SSSR count).